The molecule has 20 heavy (non-hydrogen) atoms. The highest BCUT2D eigenvalue weighted by Crippen LogP contribution is 2.26. The van der Waals surface area contributed by atoms with Crippen LogP contribution in [-0.4, -0.2) is 26.7 Å². The Labute approximate surface area is 114 Å². The molecule has 0 aliphatic carbocycles. The molecule has 1 aromatic heterocycles. The molecule has 1 heterocycles. The van der Waals surface area contributed by atoms with Crippen LogP contribution in [0, 0.1) is 17.0 Å². The number of rotatable bonds is 5. The number of nitro benzene ring substituents is 1. The number of benzene rings is 1. The quantitative estimate of drug-likeness (QED) is 0.623. The first kappa shape index (κ1) is 14.1. The second-order valence-electron chi connectivity index (χ2n) is 4.31. The van der Waals surface area contributed by atoms with Gasteiger partial charge in [-0.25, -0.2) is 0 Å². The molecule has 0 unspecified atom stereocenters. The van der Waals surface area contributed by atoms with Crippen molar-refractivity contribution in [2.75, 3.05) is 6.54 Å². The first-order valence-electron chi connectivity index (χ1n) is 6.00. The zero-order valence-electron chi connectivity index (χ0n) is 10.8. The molecule has 0 radical (unpaired) electrons. The van der Waals surface area contributed by atoms with Crippen molar-refractivity contribution in [1.29, 1.82) is 0 Å². The Balaban J connectivity index is 2.36. The predicted molar refractivity (Wildman–Crippen MR) is 69.8 cm³/mol. The van der Waals surface area contributed by atoms with Gasteiger partial charge in [-0.3, -0.25) is 10.1 Å². The molecule has 2 rings (SSSR count). The van der Waals surface area contributed by atoms with E-state index in [0.29, 0.717) is 12.0 Å². The van der Waals surface area contributed by atoms with Gasteiger partial charge >= 0.3 is 0 Å². The SMILES string of the molecule is Cc1ccc([N+](=O)[O-])cc1-c1noc([C@@H](O)CCN)n1. The summed E-state index contributed by atoms with van der Waals surface area (Å²) in [5.41, 5.74) is 6.55. The monoisotopic (exact) mass is 278 g/mol. The highest BCUT2D eigenvalue weighted by Gasteiger charge is 2.19. The number of non-ortho nitro benzene ring substituents is 1. The van der Waals surface area contributed by atoms with Gasteiger partial charge in [0.1, 0.15) is 6.10 Å². The molecule has 0 aliphatic heterocycles. The van der Waals surface area contributed by atoms with Crippen molar-refractivity contribution in [3.63, 3.8) is 0 Å². The molecule has 8 nitrogen and oxygen atoms in total. The van der Waals surface area contributed by atoms with Crippen LogP contribution in [-0.2, 0) is 0 Å². The van der Waals surface area contributed by atoms with Crippen LogP contribution >= 0.6 is 0 Å². The van der Waals surface area contributed by atoms with Gasteiger partial charge in [0.15, 0.2) is 0 Å². The maximum atomic E-state index is 10.8. The van der Waals surface area contributed by atoms with E-state index in [1.165, 1.54) is 12.1 Å². The van der Waals surface area contributed by atoms with Crippen LogP contribution in [0.5, 0.6) is 0 Å². The molecule has 0 saturated heterocycles. The third kappa shape index (κ3) is 2.81. The van der Waals surface area contributed by atoms with Gasteiger partial charge in [0, 0.05) is 17.7 Å². The summed E-state index contributed by atoms with van der Waals surface area (Å²) >= 11 is 0. The molecular weight excluding hydrogens is 264 g/mol. The molecule has 0 spiro atoms. The highest BCUT2D eigenvalue weighted by molar-refractivity contribution is 5.63. The van der Waals surface area contributed by atoms with Crippen LogP contribution in [0.4, 0.5) is 5.69 Å². The minimum atomic E-state index is -0.930. The van der Waals surface area contributed by atoms with E-state index in [0.717, 1.165) is 5.56 Å². The summed E-state index contributed by atoms with van der Waals surface area (Å²) in [7, 11) is 0. The molecule has 0 fully saturated rings. The highest BCUT2D eigenvalue weighted by atomic mass is 16.6. The van der Waals surface area contributed by atoms with Crippen molar-refractivity contribution in [1.82, 2.24) is 10.1 Å². The summed E-state index contributed by atoms with van der Waals surface area (Å²) in [6.07, 6.45) is -0.629. The number of hydrogen-bond acceptors (Lipinski definition) is 7. The van der Waals surface area contributed by atoms with Crippen LogP contribution in [0.3, 0.4) is 0 Å². The topological polar surface area (TPSA) is 128 Å². The minimum Gasteiger partial charge on any atom is -0.383 e. The maximum absolute atomic E-state index is 10.8. The van der Waals surface area contributed by atoms with Crippen LogP contribution in [0.1, 0.15) is 24.0 Å². The molecule has 0 aliphatic rings. The number of nitrogens with two attached hydrogens (primary N) is 1. The van der Waals surface area contributed by atoms with Gasteiger partial charge in [0.25, 0.3) is 11.6 Å². The lowest BCUT2D eigenvalue weighted by molar-refractivity contribution is -0.384. The van der Waals surface area contributed by atoms with Crippen molar-refractivity contribution in [3.8, 4) is 11.4 Å². The van der Waals surface area contributed by atoms with Crippen LogP contribution in [0.2, 0.25) is 0 Å². The molecule has 8 heteroatoms. The Morgan fingerprint density at radius 3 is 2.95 bits per heavy atom. The summed E-state index contributed by atoms with van der Waals surface area (Å²) < 4.78 is 4.95. The number of nitrogens with zero attached hydrogens (tertiary/aromatic N) is 3. The summed E-state index contributed by atoms with van der Waals surface area (Å²) in [6.45, 7) is 2.07. The second kappa shape index (κ2) is 5.76. The number of aliphatic hydroxyl groups is 1. The Kier molecular flexibility index (Phi) is 4.06. The van der Waals surface area contributed by atoms with E-state index in [4.69, 9.17) is 10.3 Å². The lowest BCUT2D eigenvalue weighted by atomic mass is 10.1. The Morgan fingerprint density at radius 2 is 2.30 bits per heavy atom. The van der Waals surface area contributed by atoms with E-state index < -0.39 is 11.0 Å². The van der Waals surface area contributed by atoms with E-state index in [-0.39, 0.29) is 23.9 Å². The molecular formula is C12H14N4O4. The smallest absolute Gasteiger partial charge is 0.270 e. The van der Waals surface area contributed by atoms with Crippen LogP contribution in [0.15, 0.2) is 22.7 Å². The average molecular weight is 278 g/mol. The van der Waals surface area contributed by atoms with Gasteiger partial charge in [0.05, 0.1) is 4.92 Å². The zero-order chi connectivity index (χ0) is 14.7. The normalized spacial score (nSPS) is 12.3. The molecule has 0 bridgehead atoms. The standard InChI is InChI=1S/C12H14N4O4/c1-7-2-3-8(16(18)19)6-9(7)11-14-12(20-15-11)10(17)4-5-13/h2-3,6,10,17H,4-5,13H2,1H3/t10-/m0/s1. The van der Waals surface area contributed by atoms with E-state index in [1.807, 2.05) is 0 Å². The summed E-state index contributed by atoms with van der Waals surface area (Å²) in [4.78, 5) is 14.3. The second-order valence-corrected chi connectivity index (χ2v) is 4.31. The zero-order valence-corrected chi connectivity index (χ0v) is 10.8. The van der Waals surface area contributed by atoms with E-state index in [9.17, 15) is 15.2 Å². The first-order chi connectivity index (χ1) is 9.52. The maximum Gasteiger partial charge on any atom is 0.270 e. The van der Waals surface area contributed by atoms with Crippen molar-refractivity contribution in [3.05, 3.63) is 39.8 Å². The van der Waals surface area contributed by atoms with Gasteiger partial charge in [0.2, 0.25) is 5.82 Å². The number of hydrogen-bond donors (Lipinski definition) is 2. The number of aromatic nitrogens is 2. The Morgan fingerprint density at radius 1 is 1.55 bits per heavy atom. The number of aliphatic hydroxyl groups excluding tert-OH is 1. The van der Waals surface area contributed by atoms with Gasteiger partial charge < -0.3 is 15.4 Å². The van der Waals surface area contributed by atoms with Gasteiger partial charge in [-0.05, 0) is 25.5 Å². The minimum absolute atomic E-state index is 0.0522. The fourth-order valence-electron chi connectivity index (χ4n) is 1.73. The van der Waals surface area contributed by atoms with Crippen molar-refractivity contribution in [2.45, 2.75) is 19.4 Å². The molecule has 3 N–H and O–H groups in total. The number of aryl methyl sites for hydroxylation is 1. The van der Waals surface area contributed by atoms with E-state index in [2.05, 4.69) is 10.1 Å². The summed E-state index contributed by atoms with van der Waals surface area (Å²) in [5, 5.41) is 24.2. The van der Waals surface area contributed by atoms with Crippen molar-refractivity contribution < 1.29 is 14.6 Å². The van der Waals surface area contributed by atoms with Crippen LogP contribution < -0.4 is 5.73 Å². The fraction of sp³-hybridized carbons (Fsp3) is 0.333. The average Bonchev–Trinajstić information content (AvgIpc) is 2.88. The van der Waals surface area contributed by atoms with Crippen LogP contribution in [0.25, 0.3) is 11.4 Å². The van der Waals surface area contributed by atoms with Gasteiger partial charge in [-0.1, -0.05) is 11.2 Å². The Hall–Kier alpha value is -2.32. The van der Waals surface area contributed by atoms with Crippen molar-refractivity contribution >= 4 is 5.69 Å². The largest absolute Gasteiger partial charge is 0.383 e. The molecule has 0 saturated carbocycles. The molecule has 106 valence electrons. The van der Waals surface area contributed by atoms with E-state index >= 15 is 0 Å². The van der Waals surface area contributed by atoms with E-state index in [1.54, 1.807) is 13.0 Å². The summed E-state index contributed by atoms with van der Waals surface area (Å²) in [5.74, 6) is 0.258. The molecule has 1 atom stereocenters. The fourth-order valence-corrected chi connectivity index (χ4v) is 1.73. The van der Waals surface area contributed by atoms with Gasteiger partial charge in [-0.15, -0.1) is 0 Å². The lowest BCUT2D eigenvalue weighted by Crippen LogP contribution is -2.06. The molecule has 0 amide bonds. The molecule has 2 aromatic rings. The summed E-state index contributed by atoms with van der Waals surface area (Å²) in [6, 6.07) is 4.39. The lowest BCUT2D eigenvalue weighted by Gasteiger charge is -2.02. The third-order valence-electron chi connectivity index (χ3n) is 2.84. The third-order valence-corrected chi connectivity index (χ3v) is 2.84. The predicted octanol–water partition coefficient (Wildman–Crippen LogP) is 1.34. The van der Waals surface area contributed by atoms with Crippen molar-refractivity contribution in [2.24, 2.45) is 5.73 Å². The first-order valence-corrected chi connectivity index (χ1v) is 6.00. The Bertz CT molecular complexity index is 626. The number of nitro groups is 1. The van der Waals surface area contributed by atoms with Gasteiger partial charge in [-0.2, -0.15) is 4.98 Å². The molecule has 1 aromatic carbocycles.